The highest BCUT2D eigenvalue weighted by atomic mass is 16.5. The van der Waals surface area contributed by atoms with Gasteiger partial charge in [-0.3, -0.25) is 4.79 Å². The Morgan fingerprint density at radius 3 is 2.67 bits per heavy atom. The number of hydrogen-bond donors (Lipinski definition) is 1. The minimum absolute atomic E-state index is 0.0457. The summed E-state index contributed by atoms with van der Waals surface area (Å²) < 4.78 is 11.6. The molecule has 6 nitrogen and oxygen atoms in total. The lowest BCUT2D eigenvalue weighted by Crippen LogP contribution is -2.25. The molecule has 0 fully saturated rings. The van der Waals surface area contributed by atoms with Crippen LogP contribution in [-0.2, 0) is 6.54 Å². The number of methoxy groups -OCH3 is 2. The van der Waals surface area contributed by atoms with Gasteiger partial charge in [-0.1, -0.05) is 0 Å². The summed E-state index contributed by atoms with van der Waals surface area (Å²) in [4.78, 5) is 11.7. The van der Waals surface area contributed by atoms with E-state index in [9.17, 15) is 9.90 Å². The number of aliphatic hydroxyl groups excluding tert-OH is 1. The highest BCUT2D eigenvalue weighted by Gasteiger charge is 2.16. The summed E-state index contributed by atoms with van der Waals surface area (Å²) in [5, 5.41) is 14.5. The average Bonchev–Trinajstić information content (AvgIpc) is 2.50. The standard InChI is InChI=1S/C15H18N2O4/c1-10-4-7-15(19)17(16-10)9-13(18)12-8-11(20-2)5-6-14(12)21-3/h4-8,13,18H,9H2,1-3H3. The first kappa shape index (κ1) is 15.1. The molecule has 0 saturated carbocycles. The lowest BCUT2D eigenvalue weighted by Gasteiger charge is -2.16. The minimum atomic E-state index is -0.929. The maximum Gasteiger partial charge on any atom is 0.266 e. The highest BCUT2D eigenvalue weighted by molar-refractivity contribution is 5.41. The second-order valence-corrected chi connectivity index (χ2v) is 4.62. The first-order chi connectivity index (χ1) is 10.0. The molecule has 1 atom stereocenters. The Morgan fingerprint density at radius 2 is 2.00 bits per heavy atom. The van der Waals surface area contributed by atoms with Gasteiger partial charge in [-0.15, -0.1) is 0 Å². The topological polar surface area (TPSA) is 73.6 Å². The third kappa shape index (κ3) is 3.41. The van der Waals surface area contributed by atoms with Crippen LogP contribution in [0.15, 0.2) is 35.1 Å². The van der Waals surface area contributed by atoms with Gasteiger partial charge in [0.2, 0.25) is 0 Å². The maximum atomic E-state index is 11.7. The second kappa shape index (κ2) is 6.41. The molecule has 1 heterocycles. The van der Waals surface area contributed by atoms with Crippen LogP contribution in [0.4, 0.5) is 0 Å². The Labute approximate surface area is 122 Å². The molecule has 0 aliphatic heterocycles. The van der Waals surface area contributed by atoms with E-state index in [1.807, 2.05) is 0 Å². The third-order valence-corrected chi connectivity index (χ3v) is 3.14. The van der Waals surface area contributed by atoms with Gasteiger partial charge < -0.3 is 14.6 Å². The number of rotatable bonds is 5. The van der Waals surface area contributed by atoms with E-state index in [0.717, 1.165) is 0 Å². The van der Waals surface area contributed by atoms with Gasteiger partial charge in [0.15, 0.2) is 0 Å². The zero-order valence-electron chi connectivity index (χ0n) is 12.2. The van der Waals surface area contributed by atoms with Crippen LogP contribution >= 0.6 is 0 Å². The molecule has 1 aromatic carbocycles. The van der Waals surface area contributed by atoms with E-state index in [1.165, 1.54) is 17.9 Å². The number of nitrogens with zero attached hydrogens (tertiary/aromatic N) is 2. The molecule has 1 aromatic heterocycles. The quantitative estimate of drug-likeness (QED) is 0.898. The van der Waals surface area contributed by atoms with Crippen molar-refractivity contribution in [3.63, 3.8) is 0 Å². The van der Waals surface area contributed by atoms with Crippen molar-refractivity contribution in [2.45, 2.75) is 19.6 Å². The Bertz CT molecular complexity index is 682. The van der Waals surface area contributed by atoms with Gasteiger partial charge in [-0.2, -0.15) is 5.10 Å². The van der Waals surface area contributed by atoms with Crippen molar-refractivity contribution in [3.05, 3.63) is 51.9 Å². The first-order valence-electron chi connectivity index (χ1n) is 6.50. The van der Waals surface area contributed by atoms with Gasteiger partial charge in [0.25, 0.3) is 5.56 Å². The average molecular weight is 290 g/mol. The van der Waals surface area contributed by atoms with E-state index < -0.39 is 6.10 Å². The van der Waals surface area contributed by atoms with Gasteiger partial charge in [-0.25, -0.2) is 4.68 Å². The molecular weight excluding hydrogens is 272 g/mol. The van der Waals surface area contributed by atoms with E-state index in [2.05, 4.69) is 5.10 Å². The van der Waals surface area contributed by atoms with Crippen molar-refractivity contribution < 1.29 is 14.6 Å². The number of aromatic nitrogens is 2. The van der Waals surface area contributed by atoms with Crippen molar-refractivity contribution in [2.24, 2.45) is 0 Å². The number of aryl methyl sites for hydroxylation is 1. The summed E-state index contributed by atoms with van der Waals surface area (Å²) in [6, 6.07) is 8.20. The zero-order valence-corrected chi connectivity index (χ0v) is 12.2. The van der Waals surface area contributed by atoms with Crippen molar-refractivity contribution in [3.8, 4) is 11.5 Å². The van der Waals surface area contributed by atoms with Crippen LogP contribution in [0, 0.1) is 6.92 Å². The Hall–Kier alpha value is -2.34. The summed E-state index contributed by atoms with van der Waals surface area (Å²) in [6.07, 6.45) is -0.929. The van der Waals surface area contributed by atoms with Crippen molar-refractivity contribution >= 4 is 0 Å². The van der Waals surface area contributed by atoms with Crippen LogP contribution in [0.5, 0.6) is 11.5 Å². The molecule has 21 heavy (non-hydrogen) atoms. The van der Waals surface area contributed by atoms with Crippen LogP contribution in [0.3, 0.4) is 0 Å². The van der Waals surface area contributed by atoms with Crippen molar-refractivity contribution in [1.29, 1.82) is 0 Å². The van der Waals surface area contributed by atoms with Crippen molar-refractivity contribution in [2.75, 3.05) is 14.2 Å². The Morgan fingerprint density at radius 1 is 1.24 bits per heavy atom. The van der Waals surface area contributed by atoms with Crippen LogP contribution in [0.25, 0.3) is 0 Å². The van der Waals surface area contributed by atoms with E-state index in [1.54, 1.807) is 38.3 Å². The van der Waals surface area contributed by atoms with Crippen LogP contribution in [-0.4, -0.2) is 29.1 Å². The largest absolute Gasteiger partial charge is 0.497 e. The normalized spacial score (nSPS) is 12.0. The Balaban J connectivity index is 2.33. The number of ether oxygens (including phenoxy) is 2. The van der Waals surface area contributed by atoms with Gasteiger partial charge in [0.05, 0.1) is 26.5 Å². The minimum Gasteiger partial charge on any atom is -0.497 e. The molecule has 0 aliphatic rings. The van der Waals surface area contributed by atoms with E-state index >= 15 is 0 Å². The van der Waals surface area contributed by atoms with Gasteiger partial charge in [0.1, 0.15) is 17.6 Å². The fourth-order valence-electron chi connectivity index (χ4n) is 2.04. The lowest BCUT2D eigenvalue weighted by molar-refractivity contribution is 0.145. The highest BCUT2D eigenvalue weighted by Crippen LogP contribution is 2.29. The molecule has 0 amide bonds. The summed E-state index contributed by atoms with van der Waals surface area (Å²) in [6.45, 7) is 1.83. The first-order valence-corrected chi connectivity index (χ1v) is 6.50. The fourth-order valence-corrected chi connectivity index (χ4v) is 2.04. The van der Waals surface area contributed by atoms with Gasteiger partial charge in [0, 0.05) is 11.6 Å². The van der Waals surface area contributed by atoms with Crippen LogP contribution < -0.4 is 15.0 Å². The van der Waals surface area contributed by atoms with Gasteiger partial charge in [-0.05, 0) is 31.2 Å². The van der Waals surface area contributed by atoms with Gasteiger partial charge >= 0.3 is 0 Å². The molecule has 0 saturated heterocycles. The predicted octanol–water partition coefficient (Wildman–Crippen LogP) is 1.30. The summed E-state index contributed by atoms with van der Waals surface area (Å²) >= 11 is 0. The van der Waals surface area contributed by atoms with E-state index in [4.69, 9.17) is 9.47 Å². The SMILES string of the molecule is COc1ccc(OC)c(C(O)Cn2nc(C)ccc2=O)c1. The summed E-state index contributed by atoms with van der Waals surface area (Å²) in [5.41, 5.74) is 0.993. The molecule has 0 spiro atoms. The second-order valence-electron chi connectivity index (χ2n) is 4.62. The molecular formula is C15H18N2O4. The fraction of sp³-hybridized carbons (Fsp3) is 0.333. The Kier molecular flexibility index (Phi) is 4.59. The molecule has 112 valence electrons. The number of aliphatic hydroxyl groups is 1. The maximum absolute atomic E-state index is 11.7. The molecule has 0 radical (unpaired) electrons. The number of benzene rings is 1. The third-order valence-electron chi connectivity index (χ3n) is 3.14. The van der Waals surface area contributed by atoms with Crippen LogP contribution in [0.1, 0.15) is 17.4 Å². The molecule has 0 aliphatic carbocycles. The van der Waals surface area contributed by atoms with E-state index in [-0.39, 0.29) is 12.1 Å². The van der Waals surface area contributed by atoms with Crippen molar-refractivity contribution in [1.82, 2.24) is 9.78 Å². The smallest absolute Gasteiger partial charge is 0.266 e. The zero-order chi connectivity index (χ0) is 15.4. The molecule has 1 N–H and O–H groups in total. The summed E-state index contributed by atoms with van der Waals surface area (Å²) in [5.74, 6) is 1.14. The molecule has 0 bridgehead atoms. The summed E-state index contributed by atoms with van der Waals surface area (Å²) in [7, 11) is 3.07. The molecule has 2 aromatic rings. The lowest BCUT2D eigenvalue weighted by atomic mass is 10.1. The monoisotopic (exact) mass is 290 g/mol. The molecule has 2 rings (SSSR count). The predicted molar refractivity (Wildman–Crippen MR) is 77.7 cm³/mol. The number of hydrogen-bond acceptors (Lipinski definition) is 5. The van der Waals surface area contributed by atoms with E-state index in [0.29, 0.717) is 22.8 Å². The van der Waals surface area contributed by atoms with Crippen LogP contribution in [0.2, 0.25) is 0 Å². The molecule has 1 unspecified atom stereocenters. The molecule has 6 heteroatoms.